The molecule has 0 fully saturated rings. The number of esters is 1. The van der Waals surface area contributed by atoms with Crippen LogP contribution in [0.1, 0.15) is 27.0 Å². The lowest BCUT2D eigenvalue weighted by molar-refractivity contribution is -0.146. The number of para-hydroxylation sites is 1. The monoisotopic (exact) mass is 517 g/mol. The van der Waals surface area contributed by atoms with E-state index in [1.165, 1.54) is 19.1 Å². The van der Waals surface area contributed by atoms with Gasteiger partial charge in [-0.2, -0.15) is 0 Å². The highest BCUT2D eigenvalue weighted by Crippen LogP contribution is 2.44. The average molecular weight is 517 g/mol. The zero-order valence-electron chi connectivity index (χ0n) is 19.5. The lowest BCUT2D eigenvalue weighted by Gasteiger charge is -2.27. The number of aliphatic hydroxyl groups excluding tert-OH is 1. The number of aromatic nitrogens is 2. The van der Waals surface area contributed by atoms with Gasteiger partial charge in [-0.1, -0.05) is 18.2 Å². The molecule has 35 heavy (non-hydrogen) atoms. The summed E-state index contributed by atoms with van der Waals surface area (Å²) in [6.07, 6.45) is -3.44. The molecule has 12 nitrogen and oxygen atoms in total. The minimum Gasteiger partial charge on any atom is -0.462 e. The summed E-state index contributed by atoms with van der Waals surface area (Å²) in [7, 11) is -4.25. The van der Waals surface area contributed by atoms with Crippen molar-refractivity contribution in [3.05, 3.63) is 63.4 Å². The van der Waals surface area contributed by atoms with Crippen molar-refractivity contribution in [2.45, 2.75) is 45.3 Å². The van der Waals surface area contributed by atoms with Crippen LogP contribution < -0.4 is 20.9 Å². The molecule has 0 amide bonds. The molecule has 0 bridgehead atoms. The van der Waals surface area contributed by atoms with Crippen LogP contribution in [0.5, 0.6) is 5.75 Å². The van der Waals surface area contributed by atoms with E-state index in [-0.39, 0.29) is 5.75 Å². The second-order valence-corrected chi connectivity index (χ2v) is 9.34. The standard InChI is InChI=1S/C21H29FN3O9P/c1-14(2)32-20(28)12-23-35(30,34-16-7-5-4-6-8-16)31-13-18(17(26)11-22)33-15(3)25-10-9-19(27)24-21(25)29/h4-10,14-15,17-18,26H,11-13H2,1-3H3,(H,23,30)(H,24,27,29)/t15-,17+,18-,35?/m1/s1. The first kappa shape index (κ1) is 28.4. The number of rotatable bonds is 14. The number of hydrogen-bond acceptors (Lipinski definition) is 9. The number of H-pyrrole nitrogens is 1. The van der Waals surface area contributed by atoms with Crippen molar-refractivity contribution in [2.75, 3.05) is 19.8 Å². The van der Waals surface area contributed by atoms with Gasteiger partial charge >= 0.3 is 19.4 Å². The third-order valence-electron chi connectivity index (χ3n) is 4.36. The third kappa shape index (κ3) is 9.38. The van der Waals surface area contributed by atoms with Crippen LogP contribution in [0.25, 0.3) is 0 Å². The molecule has 0 aliphatic rings. The lowest BCUT2D eigenvalue weighted by atomic mass is 10.2. The molecule has 0 saturated carbocycles. The summed E-state index contributed by atoms with van der Waals surface area (Å²) in [5, 5.41) is 12.5. The zero-order chi connectivity index (χ0) is 26.0. The number of hydrogen-bond donors (Lipinski definition) is 3. The van der Waals surface area contributed by atoms with E-state index in [4.69, 9.17) is 18.5 Å². The Morgan fingerprint density at radius 3 is 2.49 bits per heavy atom. The Bertz CT molecular complexity index is 1110. The molecule has 4 atom stereocenters. The molecule has 3 N–H and O–H groups in total. The van der Waals surface area contributed by atoms with Crippen molar-refractivity contribution < 1.29 is 37.4 Å². The molecule has 194 valence electrons. The summed E-state index contributed by atoms with van der Waals surface area (Å²) in [5.74, 6) is -0.569. The number of aliphatic hydroxyl groups is 1. The van der Waals surface area contributed by atoms with Crippen LogP contribution >= 0.6 is 7.75 Å². The molecule has 1 aromatic carbocycles. The molecule has 0 aliphatic heterocycles. The summed E-state index contributed by atoms with van der Waals surface area (Å²) in [4.78, 5) is 37.2. The molecular formula is C21H29FN3O9P. The van der Waals surface area contributed by atoms with Gasteiger partial charge in [-0.25, -0.2) is 18.8 Å². The number of nitrogens with zero attached hydrogens (tertiary/aromatic N) is 1. The molecule has 14 heteroatoms. The zero-order valence-corrected chi connectivity index (χ0v) is 20.4. The highest BCUT2D eigenvalue weighted by Gasteiger charge is 2.32. The fourth-order valence-corrected chi connectivity index (χ4v) is 4.01. The Balaban J connectivity index is 2.17. The van der Waals surface area contributed by atoms with Crippen molar-refractivity contribution in [2.24, 2.45) is 0 Å². The molecule has 0 spiro atoms. The summed E-state index contributed by atoms with van der Waals surface area (Å²) >= 11 is 0. The van der Waals surface area contributed by atoms with E-state index in [0.717, 1.165) is 16.8 Å². The first-order valence-electron chi connectivity index (χ1n) is 10.7. The fraction of sp³-hybridized carbons (Fsp3) is 0.476. The van der Waals surface area contributed by atoms with Gasteiger partial charge in [0.2, 0.25) is 0 Å². The van der Waals surface area contributed by atoms with Crippen LogP contribution in [0.2, 0.25) is 0 Å². The van der Waals surface area contributed by atoms with Crippen LogP contribution in [0.3, 0.4) is 0 Å². The summed E-state index contributed by atoms with van der Waals surface area (Å²) < 4.78 is 49.0. The Labute approximate surface area is 200 Å². The quantitative estimate of drug-likeness (QED) is 0.248. The number of halogens is 1. The van der Waals surface area contributed by atoms with E-state index < -0.39 is 69.3 Å². The summed E-state index contributed by atoms with van der Waals surface area (Å²) in [5.41, 5.74) is -1.41. The van der Waals surface area contributed by atoms with Crippen LogP contribution in [-0.2, 0) is 23.4 Å². The molecule has 2 rings (SSSR count). The maximum atomic E-state index is 13.3. The Kier molecular flexibility index (Phi) is 10.8. The number of alkyl halides is 1. The van der Waals surface area contributed by atoms with E-state index in [2.05, 4.69) is 5.09 Å². The summed E-state index contributed by atoms with van der Waals surface area (Å²) in [6, 6.07) is 9.02. The second kappa shape index (κ2) is 13.3. The Hall–Kier alpha value is -2.83. The van der Waals surface area contributed by atoms with E-state index >= 15 is 0 Å². The van der Waals surface area contributed by atoms with Gasteiger partial charge in [0.15, 0.2) is 0 Å². The highest BCUT2D eigenvalue weighted by molar-refractivity contribution is 7.52. The minimum absolute atomic E-state index is 0.150. The van der Waals surface area contributed by atoms with Gasteiger partial charge in [-0.15, -0.1) is 0 Å². The van der Waals surface area contributed by atoms with E-state index in [9.17, 15) is 28.4 Å². The van der Waals surface area contributed by atoms with Crippen molar-refractivity contribution >= 4 is 13.7 Å². The largest absolute Gasteiger partial charge is 0.462 e. The number of ether oxygens (including phenoxy) is 2. The lowest BCUT2D eigenvalue weighted by Crippen LogP contribution is -2.40. The van der Waals surface area contributed by atoms with Gasteiger partial charge < -0.3 is 19.1 Å². The van der Waals surface area contributed by atoms with Gasteiger partial charge in [0, 0.05) is 12.3 Å². The van der Waals surface area contributed by atoms with E-state index in [1.807, 2.05) is 4.98 Å². The molecular weight excluding hydrogens is 488 g/mol. The van der Waals surface area contributed by atoms with Crippen molar-refractivity contribution in [1.82, 2.24) is 14.6 Å². The van der Waals surface area contributed by atoms with Crippen molar-refractivity contribution in [1.29, 1.82) is 0 Å². The number of nitrogens with one attached hydrogen (secondary N) is 2. The van der Waals surface area contributed by atoms with Gasteiger partial charge in [-0.05, 0) is 32.9 Å². The predicted molar refractivity (Wildman–Crippen MR) is 123 cm³/mol. The second-order valence-electron chi connectivity index (χ2n) is 7.58. The van der Waals surface area contributed by atoms with Crippen molar-refractivity contribution in [3.8, 4) is 5.75 Å². The van der Waals surface area contributed by atoms with E-state index in [0.29, 0.717) is 0 Å². The Morgan fingerprint density at radius 1 is 1.20 bits per heavy atom. The Morgan fingerprint density at radius 2 is 1.89 bits per heavy atom. The van der Waals surface area contributed by atoms with E-state index in [1.54, 1.807) is 32.0 Å². The number of carbonyl (C=O) groups is 1. The molecule has 0 radical (unpaired) electrons. The first-order valence-corrected chi connectivity index (χ1v) is 12.2. The average Bonchev–Trinajstić information content (AvgIpc) is 2.80. The van der Waals surface area contributed by atoms with Gasteiger partial charge in [-0.3, -0.25) is 23.7 Å². The molecule has 0 aliphatic carbocycles. The fourth-order valence-electron chi connectivity index (χ4n) is 2.73. The van der Waals surface area contributed by atoms with Gasteiger partial charge in [0.1, 0.15) is 37.4 Å². The van der Waals surface area contributed by atoms with Gasteiger partial charge in [0.25, 0.3) is 5.56 Å². The molecule has 2 aromatic rings. The number of carbonyl (C=O) groups excluding carboxylic acids is 1. The third-order valence-corrected chi connectivity index (χ3v) is 5.85. The normalized spacial score (nSPS) is 15.7. The minimum atomic E-state index is -4.25. The SMILES string of the molecule is CC(C)OC(=O)CNP(=O)(OC[C@@H](O[C@H](C)n1ccc(=O)[nH]c1=O)[C@@H](O)CF)Oc1ccccc1. The first-order chi connectivity index (χ1) is 16.5. The number of benzene rings is 1. The molecule has 1 unspecified atom stereocenters. The highest BCUT2D eigenvalue weighted by atomic mass is 31.2. The predicted octanol–water partition coefficient (Wildman–Crippen LogP) is 1.52. The topological polar surface area (TPSA) is 158 Å². The maximum absolute atomic E-state index is 13.3. The maximum Gasteiger partial charge on any atom is 0.459 e. The van der Waals surface area contributed by atoms with Crippen LogP contribution in [0.15, 0.2) is 52.2 Å². The molecule has 1 aromatic heterocycles. The molecule has 1 heterocycles. The van der Waals surface area contributed by atoms with Crippen LogP contribution in [0, 0.1) is 0 Å². The smallest absolute Gasteiger partial charge is 0.459 e. The van der Waals surface area contributed by atoms with Gasteiger partial charge in [0.05, 0.1) is 12.7 Å². The van der Waals surface area contributed by atoms with Crippen molar-refractivity contribution in [3.63, 3.8) is 0 Å². The molecule has 0 saturated heterocycles. The van der Waals surface area contributed by atoms with Crippen LogP contribution in [-0.4, -0.2) is 58.8 Å². The van der Waals surface area contributed by atoms with Crippen LogP contribution in [0.4, 0.5) is 4.39 Å². The summed E-state index contributed by atoms with van der Waals surface area (Å²) in [6.45, 7) is 2.29. The number of aromatic amines is 1.